The minimum Gasteiger partial charge on any atom is -0.334 e. The Hall–Kier alpha value is -0.120. The van der Waals surface area contributed by atoms with Crippen LogP contribution in [0.2, 0.25) is 0 Å². The SMILES string of the molecule is N[C@@]12CCCCNC1O2. The largest absolute Gasteiger partial charge is 0.334 e. The Bertz CT molecular complexity index is 128. The van der Waals surface area contributed by atoms with E-state index in [0.717, 1.165) is 13.0 Å². The number of epoxide rings is 1. The van der Waals surface area contributed by atoms with Gasteiger partial charge in [-0.3, -0.25) is 5.32 Å². The molecule has 2 aliphatic rings. The lowest BCUT2D eigenvalue weighted by Crippen LogP contribution is -2.31. The standard InChI is InChI=1S/C6H12N2O/c7-6-3-1-2-4-8-5(6)9-6/h5,8H,1-4,7H2/t5?,6-/m1/s1. The Morgan fingerprint density at radius 3 is 3.33 bits per heavy atom. The second kappa shape index (κ2) is 1.68. The summed E-state index contributed by atoms with van der Waals surface area (Å²) in [7, 11) is 0. The number of rotatable bonds is 0. The monoisotopic (exact) mass is 128 g/mol. The highest BCUT2D eigenvalue weighted by Crippen LogP contribution is 2.35. The summed E-state index contributed by atoms with van der Waals surface area (Å²) < 4.78 is 5.21. The van der Waals surface area contributed by atoms with Crippen LogP contribution in [0, 0.1) is 0 Å². The first-order valence-electron chi connectivity index (χ1n) is 3.51. The van der Waals surface area contributed by atoms with Crippen molar-refractivity contribution in [1.29, 1.82) is 0 Å². The van der Waals surface area contributed by atoms with Crippen LogP contribution >= 0.6 is 0 Å². The molecule has 2 saturated heterocycles. The Morgan fingerprint density at radius 1 is 1.56 bits per heavy atom. The van der Waals surface area contributed by atoms with Crippen LogP contribution in [-0.4, -0.2) is 18.5 Å². The number of nitrogens with two attached hydrogens (primary N) is 1. The molecule has 0 saturated carbocycles. The van der Waals surface area contributed by atoms with Gasteiger partial charge in [0.25, 0.3) is 0 Å². The predicted molar refractivity (Wildman–Crippen MR) is 33.6 cm³/mol. The zero-order valence-electron chi connectivity index (χ0n) is 5.39. The highest BCUT2D eigenvalue weighted by molar-refractivity contribution is 4.97. The van der Waals surface area contributed by atoms with E-state index >= 15 is 0 Å². The summed E-state index contributed by atoms with van der Waals surface area (Å²) in [6.45, 7) is 1.06. The molecule has 2 heterocycles. The Kier molecular flexibility index (Phi) is 1.06. The lowest BCUT2D eigenvalue weighted by Gasteiger charge is -1.99. The van der Waals surface area contributed by atoms with Gasteiger partial charge >= 0.3 is 0 Å². The van der Waals surface area contributed by atoms with E-state index in [9.17, 15) is 0 Å². The fourth-order valence-electron chi connectivity index (χ4n) is 1.35. The summed E-state index contributed by atoms with van der Waals surface area (Å²) in [6, 6.07) is 0. The van der Waals surface area contributed by atoms with Crippen LogP contribution in [0.15, 0.2) is 0 Å². The number of hydrogen-bond acceptors (Lipinski definition) is 3. The molecule has 0 aliphatic carbocycles. The van der Waals surface area contributed by atoms with E-state index < -0.39 is 0 Å². The number of fused-ring (bicyclic) bond motifs is 1. The van der Waals surface area contributed by atoms with Crippen molar-refractivity contribution in [2.45, 2.75) is 31.2 Å². The van der Waals surface area contributed by atoms with Crippen molar-refractivity contribution in [2.24, 2.45) is 5.73 Å². The molecule has 0 aromatic heterocycles. The summed E-state index contributed by atoms with van der Waals surface area (Å²) in [5, 5.41) is 3.21. The molecule has 1 unspecified atom stereocenters. The van der Waals surface area contributed by atoms with Gasteiger partial charge in [0.15, 0.2) is 12.0 Å². The highest BCUT2D eigenvalue weighted by Gasteiger charge is 2.53. The molecule has 0 aromatic rings. The third kappa shape index (κ3) is 0.852. The molecule has 0 amide bonds. The van der Waals surface area contributed by atoms with Gasteiger partial charge in [-0.05, 0) is 25.8 Å². The predicted octanol–water partition coefficient (Wildman–Crippen LogP) is -0.229. The van der Waals surface area contributed by atoms with Crippen molar-refractivity contribution in [3.63, 3.8) is 0 Å². The van der Waals surface area contributed by atoms with E-state index in [2.05, 4.69) is 5.32 Å². The lowest BCUT2D eigenvalue weighted by atomic mass is 10.1. The molecule has 2 fully saturated rings. The van der Waals surface area contributed by atoms with Crippen molar-refractivity contribution in [3.05, 3.63) is 0 Å². The minimum absolute atomic E-state index is 0.167. The third-order valence-corrected chi connectivity index (χ3v) is 2.05. The number of ether oxygens (including phenoxy) is 1. The van der Waals surface area contributed by atoms with Gasteiger partial charge in [-0.1, -0.05) is 0 Å². The topological polar surface area (TPSA) is 50.6 Å². The van der Waals surface area contributed by atoms with Crippen LogP contribution in [0.1, 0.15) is 19.3 Å². The minimum atomic E-state index is -0.281. The molecule has 0 aromatic carbocycles. The quantitative estimate of drug-likeness (QED) is 0.443. The first kappa shape index (κ1) is 5.65. The van der Waals surface area contributed by atoms with Crippen molar-refractivity contribution in [1.82, 2.24) is 5.32 Å². The van der Waals surface area contributed by atoms with Crippen molar-refractivity contribution in [2.75, 3.05) is 6.54 Å². The molecule has 9 heavy (non-hydrogen) atoms. The summed E-state index contributed by atoms with van der Waals surface area (Å²) in [5.74, 6) is 0. The Morgan fingerprint density at radius 2 is 2.44 bits per heavy atom. The van der Waals surface area contributed by atoms with E-state index in [-0.39, 0.29) is 12.0 Å². The van der Waals surface area contributed by atoms with E-state index in [4.69, 9.17) is 10.5 Å². The van der Waals surface area contributed by atoms with Crippen molar-refractivity contribution >= 4 is 0 Å². The van der Waals surface area contributed by atoms with E-state index in [1.165, 1.54) is 12.8 Å². The molecule has 2 atom stereocenters. The van der Waals surface area contributed by atoms with Gasteiger partial charge in [-0.2, -0.15) is 0 Å². The van der Waals surface area contributed by atoms with Gasteiger partial charge in [0.2, 0.25) is 0 Å². The normalized spacial score (nSPS) is 49.7. The van der Waals surface area contributed by atoms with Crippen LogP contribution < -0.4 is 11.1 Å². The fraction of sp³-hybridized carbons (Fsp3) is 1.00. The molecular formula is C6H12N2O. The zero-order chi connectivity index (χ0) is 6.32. The first-order chi connectivity index (χ1) is 4.31. The molecule has 0 spiro atoms. The summed E-state index contributed by atoms with van der Waals surface area (Å²) in [4.78, 5) is 0. The number of nitrogens with one attached hydrogen (secondary N) is 1. The van der Waals surface area contributed by atoms with E-state index in [1.807, 2.05) is 0 Å². The smallest absolute Gasteiger partial charge is 0.159 e. The Balaban J connectivity index is 2.00. The summed E-state index contributed by atoms with van der Waals surface area (Å²) in [6.07, 6.45) is 3.61. The van der Waals surface area contributed by atoms with Gasteiger partial charge < -0.3 is 10.5 Å². The molecule has 0 radical (unpaired) electrons. The maximum atomic E-state index is 5.77. The molecule has 52 valence electrons. The molecular weight excluding hydrogens is 116 g/mol. The average molecular weight is 128 g/mol. The molecule has 3 heteroatoms. The maximum absolute atomic E-state index is 5.77. The summed E-state index contributed by atoms with van der Waals surface area (Å²) in [5.41, 5.74) is 5.49. The van der Waals surface area contributed by atoms with Gasteiger partial charge in [0, 0.05) is 0 Å². The van der Waals surface area contributed by atoms with Crippen LogP contribution in [0.25, 0.3) is 0 Å². The van der Waals surface area contributed by atoms with Crippen LogP contribution in [0.3, 0.4) is 0 Å². The summed E-state index contributed by atoms with van der Waals surface area (Å²) >= 11 is 0. The second-order valence-corrected chi connectivity index (χ2v) is 2.86. The van der Waals surface area contributed by atoms with E-state index in [0.29, 0.717) is 0 Å². The third-order valence-electron chi connectivity index (χ3n) is 2.05. The van der Waals surface area contributed by atoms with E-state index in [1.54, 1.807) is 0 Å². The Labute approximate surface area is 54.6 Å². The number of hydrogen-bond donors (Lipinski definition) is 2. The van der Waals surface area contributed by atoms with Crippen molar-refractivity contribution in [3.8, 4) is 0 Å². The van der Waals surface area contributed by atoms with Crippen LogP contribution in [-0.2, 0) is 4.74 Å². The molecule has 2 aliphatic heterocycles. The van der Waals surface area contributed by atoms with Crippen LogP contribution in [0.4, 0.5) is 0 Å². The second-order valence-electron chi connectivity index (χ2n) is 2.86. The van der Waals surface area contributed by atoms with Gasteiger partial charge in [0.05, 0.1) is 0 Å². The molecule has 3 nitrogen and oxygen atoms in total. The van der Waals surface area contributed by atoms with Crippen LogP contribution in [0.5, 0.6) is 0 Å². The highest BCUT2D eigenvalue weighted by atomic mass is 16.6. The molecule has 2 rings (SSSR count). The van der Waals surface area contributed by atoms with Gasteiger partial charge in [-0.15, -0.1) is 0 Å². The molecule has 0 bridgehead atoms. The van der Waals surface area contributed by atoms with Gasteiger partial charge in [-0.25, -0.2) is 0 Å². The maximum Gasteiger partial charge on any atom is 0.159 e. The first-order valence-corrected chi connectivity index (χ1v) is 3.51. The lowest BCUT2D eigenvalue weighted by molar-refractivity contribution is 0.264. The van der Waals surface area contributed by atoms with Crippen molar-refractivity contribution < 1.29 is 4.74 Å². The fourth-order valence-corrected chi connectivity index (χ4v) is 1.35. The molecule has 3 N–H and O–H groups in total. The van der Waals surface area contributed by atoms with Gasteiger partial charge in [0.1, 0.15) is 0 Å². The average Bonchev–Trinajstić information content (AvgIpc) is 2.40. The zero-order valence-corrected chi connectivity index (χ0v) is 5.39.